The first kappa shape index (κ1) is 21.3. The molecule has 1 aliphatic rings. The number of pyridine rings is 1. The van der Waals surface area contributed by atoms with Gasteiger partial charge in [0.05, 0.1) is 10.8 Å². The quantitative estimate of drug-likeness (QED) is 0.686. The van der Waals surface area contributed by atoms with E-state index in [9.17, 15) is 14.0 Å². The fourth-order valence-electron chi connectivity index (χ4n) is 3.50. The van der Waals surface area contributed by atoms with Crippen molar-refractivity contribution in [3.8, 4) is 0 Å². The van der Waals surface area contributed by atoms with Gasteiger partial charge in [0.2, 0.25) is 11.8 Å². The Hall–Kier alpha value is -2.41. The topological polar surface area (TPSA) is 62.3 Å². The van der Waals surface area contributed by atoms with Gasteiger partial charge in [-0.15, -0.1) is 0 Å². The molecular formula is C22H26FN3O2S. The van der Waals surface area contributed by atoms with E-state index < -0.39 is 0 Å². The average Bonchev–Trinajstić information content (AvgIpc) is 2.73. The molecule has 2 heterocycles. The van der Waals surface area contributed by atoms with E-state index in [-0.39, 0.29) is 17.6 Å². The lowest BCUT2D eigenvalue weighted by atomic mass is 9.93. The number of hydrogen-bond donors (Lipinski definition) is 1. The number of hydrogen-bond acceptors (Lipinski definition) is 4. The average molecular weight is 416 g/mol. The van der Waals surface area contributed by atoms with E-state index in [0.29, 0.717) is 35.9 Å². The van der Waals surface area contributed by atoms with E-state index in [2.05, 4.69) is 10.3 Å². The Balaban J connectivity index is 1.43. The van der Waals surface area contributed by atoms with Crippen molar-refractivity contribution in [1.29, 1.82) is 0 Å². The number of anilines is 1. The zero-order valence-electron chi connectivity index (χ0n) is 16.6. The largest absolute Gasteiger partial charge is 0.342 e. The maximum atomic E-state index is 13.2. The lowest BCUT2D eigenvalue weighted by Crippen LogP contribution is -2.41. The standard InChI is InChI=1S/C22H26FN3O2S/c1-16-13-18(23)8-9-19(16)25-20(27)10-7-17-5-4-12-26(14-17)22(28)15-29-21-6-2-3-11-24-21/h2-3,6,8-9,11,13,17H,4-5,7,10,12,14-15H2,1H3,(H,25,27)/t17-/m0/s1. The molecule has 29 heavy (non-hydrogen) atoms. The molecule has 1 atom stereocenters. The number of thioether (sulfide) groups is 1. The highest BCUT2D eigenvalue weighted by atomic mass is 32.2. The van der Waals surface area contributed by atoms with Gasteiger partial charge in [0.1, 0.15) is 5.82 Å². The van der Waals surface area contributed by atoms with E-state index in [1.165, 1.54) is 23.9 Å². The van der Waals surface area contributed by atoms with Gasteiger partial charge in [-0.1, -0.05) is 17.8 Å². The first-order chi connectivity index (χ1) is 14.0. The molecule has 1 aromatic heterocycles. The van der Waals surface area contributed by atoms with E-state index in [4.69, 9.17) is 0 Å². The van der Waals surface area contributed by atoms with E-state index in [0.717, 1.165) is 30.8 Å². The maximum absolute atomic E-state index is 13.2. The molecule has 0 saturated carbocycles. The summed E-state index contributed by atoms with van der Waals surface area (Å²) in [7, 11) is 0. The molecule has 1 aromatic carbocycles. The normalized spacial score (nSPS) is 16.5. The summed E-state index contributed by atoms with van der Waals surface area (Å²) >= 11 is 1.45. The van der Waals surface area contributed by atoms with Crippen LogP contribution in [0.25, 0.3) is 0 Å². The van der Waals surface area contributed by atoms with Crippen LogP contribution in [-0.4, -0.2) is 40.5 Å². The molecule has 0 aliphatic carbocycles. The molecule has 0 spiro atoms. The summed E-state index contributed by atoms with van der Waals surface area (Å²) in [6.07, 6.45) is 4.85. The van der Waals surface area contributed by atoms with Gasteiger partial charge in [0.15, 0.2) is 0 Å². The second kappa shape index (κ2) is 10.4. The fraction of sp³-hybridized carbons (Fsp3) is 0.409. The fourth-order valence-corrected chi connectivity index (χ4v) is 4.27. The zero-order chi connectivity index (χ0) is 20.6. The minimum Gasteiger partial charge on any atom is -0.342 e. The Morgan fingerprint density at radius 2 is 2.17 bits per heavy atom. The summed E-state index contributed by atoms with van der Waals surface area (Å²) in [6.45, 7) is 3.25. The second-order valence-corrected chi connectivity index (χ2v) is 8.35. The van der Waals surface area contributed by atoms with E-state index >= 15 is 0 Å². The molecule has 1 fully saturated rings. The first-order valence-corrected chi connectivity index (χ1v) is 10.9. The first-order valence-electron chi connectivity index (χ1n) is 9.89. The van der Waals surface area contributed by atoms with Gasteiger partial charge in [-0.05, 0) is 68.0 Å². The molecule has 2 amide bonds. The third kappa shape index (κ3) is 6.56. The molecule has 0 bridgehead atoms. The SMILES string of the molecule is Cc1cc(F)ccc1NC(=O)CC[C@@H]1CCCN(C(=O)CSc2ccccn2)C1. The number of aryl methyl sites for hydroxylation is 1. The summed E-state index contributed by atoms with van der Waals surface area (Å²) < 4.78 is 13.2. The van der Waals surface area contributed by atoms with Gasteiger partial charge in [-0.2, -0.15) is 0 Å². The van der Waals surface area contributed by atoms with Crippen LogP contribution in [0.3, 0.4) is 0 Å². The summed E-state index contributed by atoms with van der Waals surface area (Å²) in [6, 6.07) is 10.0. The summed E-state index contributed by atoms with van der Waals surface area (Å²) in [5.41, 5.74) is 1.35. The molecule has 154 valence electrons. The van der Waals surface area contributed by atoms with Gasteiger partial charge in [0, 0.05) is 31.4 Å². The number of rotatable bonds is 7. The van der Waals surface area contributed by atoms with Crippen LogP contribution in [0.1, 0.15) is 31.2 Å². The van der Waals surface area contributed by atoms with Crippen molar-refractivity contribution in [3.05, 3.63) is 54.0 Å². The number of nitrogens with zero attached hydrogens (tertiary/aromatic N) is 2. The molecule has 1 N–H and O–H groups in total. The van der Waals surface area contributed by atoms with Crippen LogP contribution >= 0.6 is 11.8 Å². The number of amides is 2. The molecular weight excluding hydrogens is 389 g/mol. The highest BCUT2D eigenvalue weighted by Crippen LogP contribution is 2.23. The molecule has 2 aromatic rings. The van der Waals surface area contributed by atoms with Crippen LogP contribution < -0.4 is 5.32 Å². The Kier molecular flexibility index (Phi) is 7.63. The predicted octanol–water partition coefficient (Wildman–Crippen LogP) is 4.28. The van der Waals surface area contributed by atoms with Crippen molar-refractivity contribution in [3.63, 3.8) is 0 Å². The van der Waals surface area contributed by atoms with Gasteiger partial charge in [0.25, 0.3) is 0 Å². The van der Waals surface area contributed by atoms with Gasteiger partial charge in [-0.25, -0.2) is 9.37 Å². The van der Waals surface area contributed by atoms with Crippen molar-refractivity contribution >= 4 is 29.3 Å². The molecule has 1 aliphatic heterocycles. The lowest BCUT2D eigenvalue weighted by Gasteiger charge is -2.32. The van der Waals surface area contributed by atoms with Gasteiger partial charge < -0.3 is 10.2 Å². The Bertz CT molecular complexity index is 847. The van der Waals surface area contributed by atoms with Crippen molar-refractivity contribution in [2.24, 2.45) is 5.92 Å². The summed E-state index contributed by atoms with van der Waals surface area (Å²) in [5, 5.41) is 3.70. The number of likely N-dealkylation sites (tertiary alicyclic amines) is 1. The number of halogens is 1. The second-order valence-electron chi connectivity index (χ2n) is 7.35. The van der Waals surface area contributed by atoms with E-state index in [1.54, 1.807) is 19.2 Å². The van der Waals surface area contributed by atoms with Crippen molar-refractivity contribution in [2.45, 2.75) is 37.6 Å². The Morgan fingerprint density at radius 3 is 2.93 bits per heavy atom. The smallest absolute Gasteiger partial charge is 0.232 e. The number of benzene rings is 1. The number of piperidine rings is 1. The van der Waals surface area contributed by atoms with Crippen LogP contribution in [0.15, 0.2) is 47.6 Å². The van der Waals surface area contributed by atoms with Crippen molar-refractivity contribution in [1.82, 2.24) is 9.88 Å². The minimum atomic E-state index is -0.311. The third-order valence-electron chi connectivity index (χ3n) is 5.10. The van der Waals surface area contributed by atoms with Gasteiger partial charge in [-0.3, -0.25) is 9.59 Å². The Labute approximate surface area is 175 Å². The molecule has 0 unspecified atom stereocenters. The third-order valence-corrected chi connectivity index (χ3v) is 6.02. The number of nitrogens with one attached hydrogen (secondary N) is 1. The van der Waals surface area contributed by atoms with Crippen LogP contribution in [0.4, 0.5) is 10.1 Å². The lowest BCUT2D eigenvalue weighted by molar-refractivity contribution is -0.130. The summed E-state index contributed by atoms with van der Waals surface area (Å²) in [5.74, 6) is 0.445. The maximum Gasteiger partial charge on any atom is 0.232 e. The number of carbonyl (C=O) groups excluding carboxylic acids is 2. The van der Waals surface area contributed by atoms with Gasteiger partial charge >= 0.3 is 0 Å². The highest BCUT2D eigenvalue weighted by Gasteiger charge is 2.24. The van der Waals surface area contributed by atoms with Crippen molar-refractivity contribution < 1.29 is 14.0 Å². The van der Waals surface area contributed by atoms with Crippen LogP contribution in [0.2, 0.25) is 0 Å². The monoisotopic (exact) mass is 415 g/mol. The van der Waals surface area contributed by atoms with Crippen molar-refractivity contribution in [2.75, 3.05) is 24.2 Å². The summed E-state index contributed by atoms with van der Waals surface area (Å²) in [4.78, 5) is 30.9. The molecule has 5 nitrogen and oxygen atoms in total. The minimum absolute atomic E-state index is 0.0751. The van der Waals surface area contributed by atoms with Crippen LogP contribution in [0.5, 0.6) is 0 Å². The highest BCUT2D eigenvalue weighted by molar-refractivity contribution is 7.99. The predicted molar refractivity (Wildman–Crippen MR) is 113 cm³/mol. The number of aromatic nitrogens is 1. The van der Waals surface area contributed by atoms with Crippen LogP contribution in [-0.2, 0) is 9.59 Å². The molecule has 7 heteroatoms. The number of carbonyl (C=O) groups is 2. The van der Waals surface area contributed by atoms with Crippen LogP contribution in [0, 0.1) is 18.7 Å². The molecule has 0 radical (unpaired) electrons. The zero-order valence-corrected chi connectivity index (χ0v) is 17.4. The van der Waals surface area contributed by atoms with E-state index in [1.807, 2.05) is 23.1 Å². The Morgan fingerprint density at radius 1 is 1.31 bits per heavy atom. The molecule has 1 saturated heterocycles. The molecule has 3 rings (SSSR count).